The van der Waals surface area contributed by atoms with Gasteiger partial charge in [-0.05, 0) is 25.0 Å². The molecule has 0 aliphatic carbocycles. The lowest BCUT2D eigenvalue weighted by Gasteiger charge is -2.31. The number of aromatic nitrogens is 5. The summed E-state index contributed by atoms with van der Waals surface area (Å²) < 4.78 is 21.3. The summed E-state index contributed by atoms with van der Waals surface area (Å²) in [6.45, 7) is 1.48. The normalized spacial score (nSPS) is 26.8. The largest absolute Gasteiger partial charge is 0.387 e. The van der Waals surface area contributed by atoms with Crippen molar-refractivity contribution in [3.05, 3.63) is 36.8 Å². The third kappa shape index (κ3) is 4.63. The molecule has 5 rings (SSSR count). The maximum atomic E-state index is 14.3. The van der Waals surface area contributed by atoms with Gasteiger partial charge in [0.05, 0.1) is 17.2 Å². The van der Waals surface area contributed by atoms with Crippen molar-refractivity contribution >= 4 is 40.3 Å². The van der Waals surface area contributed by atoms with Gasteiger partial charge < -0.3 is 20.4 Å². The van der Waals surface area contributed by atoms with Gasteiger partial charge in [0.25, 0.3) is 0 Å². The van der Waals surface area contributed by atoms with Crippen LogP contribution in [-0.4, -0.2) is 82.3 Å². The number of ether oxygens (including phenoxy) is 1. The molecular weight excluding hydrogens is 473 g/mol. The number of aliphatic hydroxyl groups is 2. The fourth-order valence-electron chi connectivity index (χ4n) is 4.06. The van der Waals surface area contributed by atoms with E-state index in [1.54, 1.807) is 18.0 Å². The molecule has 5 heterocycles. The number of hydrazine groups is 1. The fraction of sp³-hybridized carbons (Fsp3) is 0.500. The summed E-state index contributed by atoms with van der Waals surface area (Å²) in [6, 6.07) is 5.88. The molecular formula is C20H23ClFN7O3S. The molecule has 3 aromatic heterocycles. The lowest BCUT2D eigenvalue weighted by Crippen LogP contribution is -2.39. The van der Waals surface area contributed by atoms with Gasteiger partial charge in [0.2, 0.25) is 0 Å². The van der Waals surface area contributed by atoms with Gasteiger partial charge in [-0.25, -0.2) is 15.0 Å². The number of nitrogens with one attached hydrogen (secondary N) is 1. The average molecular weight is 496 g/mol. The first-order valence-corrected chi connectivity index (χ1v) is 12.0. The SMILES string of the molecule is OC1C(O)[C@@H](CCl)O[C@H]1n1cnc2c(NN3CCC(Sc4ccccn4)CC3)nc(F)nc21. The van der Waals surface area contributed by atoms with Gasteiger partial charge in [-0.3, -0.25) is 4.57 Å². The molecule has 0 aromatic carbocycles. The highest BCUT2D eigenvalue weighted by molar-refractivity contribution is 7.99. The monoisotopic (exact) mass is 495 g/mol. The molecule has 2 saturated heterocycles. The molecule has 10 nitrogen and oxygen atoms in total. The Kier molecular flexibility index (Phi) is 6.63. The summed E-state index contributed by atoms with van der Waals surface area (Å²) >= 11 is 7.56. The van der Waals surface area contributed by atoms with Crippen molar-refractivity contribution in [3.63, 3.8) is 0 Å². The second-order valence-electron chi connectivity index (χ2n) is 7.95. The maximum Gasteiger partial charge on any atom is 0.312 e. The molecule has 33 heavy (non-hydrogen) atoms. The fourth-order valence-corrected chi connectivity index (χ4v) is 5.39. The summed E-state index contributed by atoms with van der Waals surface area (Å²) in [7, 11) is 0. The Morgan fingerprint density at radius 1 is 1.18 bits per heavy atom. The minimum atomic E-state index is -1.25. The van der Waals surface area contributed by atoms with Gasteiger partial charge in [0.1, 0.15) is 18.3 Å². The van der Waals surface area contributed by atoms with Crippen molar-refractivity contribution in [3.8, 4) is 0 Å². The molecule has 4 atom stereocenters. The van der Waals surface area contributed by atoms with Crippen LogP contribution in [0.5, 0.6) is 0 Å². The zero-order valence-electron chi connectivity index (χ0n) is 17.5. The molecule has 2 fully saturated rings. The van der Waals surface area contributed by atoms with Crippen LogP contribution in [0.1, 0.15) is 19.1 Å². The number of imidazole rings is 1. The van der Waals surface area contributed by atoms with E-state index >= 15 is 0 Å². The predicted octanol–water partition coefficient (Wildman–Crippen LogP) is 1.80. The van der Waals surface area contributed by atoms with E-state index in [9.17, 15) is 14.6 Å². The number of aliphatic hydroxyl groups excluding tert-OH is 2. The summed E-state index contributed by atoms with van der Waals surface area (Å²) in [5.41, 5.74) is 3.64. The number of anilines is 1. The first kappa shape index (κ1) is 22.7. The van der Waals surface area contributed by atoms with Crippen molar-refractivity contribution in [2.24, 2.45) is 0 Å². The minimum absolute atomic E-state index is 0.00603. The predicted molar refractivity (Wildman–Crippen MR) is 120 cm³/mol. The van der Waals surface area contributed by atoms with Gasteiger partial charge in [-0.2, -0.15) is 14.4 Å². The molecule has 0 bridgehead atoms. The van der Waals surface area contributed by atoms with Crippen LogP contribution in [0.3, 0.4) is 0 Å². The van der Waals surface area contributed by atoms with Crippen LogP contribution < -0.4 is 5.43 Å². The van der Waals surface area contributed by atoms with Crippen LogP contribution in [-0.2, 0) is 4.74 Å². The standard InChI is InChI=1S/C20H23ClFN7O3S/c21-9-12-15(30)16(31)19(32-12)29-10-24-14-17(25-20(22)26-18(14)29)27-28-7-4-11(5-8-28)33-13-3-1-2-6-23-13/h1-3,6,10-12,15-16,19,30-31H,4-5,7-9H2,(H,25,26,27)/t12-,15?,16?,19-/m1/s1. The number of alkyl halides is 1. The van der Waals surface area contributed by atoms with Gasteiger partial charge in [0.15, 0.2) is 23.2 Å². The number of piperidine rings is 1. The lowest BCUT2D eigenvalue weighted by molar-refractivity contribution is -0.0292. The summed E-state index contributed by atoms with van der Waals surface area (Å²) in [5, 5.41) is 23.9. The third-order valence-electron chi connectivity index (χ3n) is 5.79. The molecule has 2 aliphatic rings. The average Bonchev–Trinajstić information content (AvgIpc) is 3.36. The Morgan fingerprint density at radius 2 is 2.00 bits per heavy atom. The van der Waals surface area contributed by atoms with Crippen molar-refractivity contribution in [2.75, 3.05) is 24.4 Å². The van der Waals surface area contributed by atoms with Crippen LogP contribution in [0.15, 0.2) is 35.7 Å². The summed E-state index contributed by atoms with van der Waals surface area (Å²) in [4.78, 5) is 16.4. The van der Waals surface area contributed by atoms with Crippen LogP contribution in [0.4, 0.5) is 10.2 Å². The van der Waals surface area contributed by atoms with Gasteiger partial charge in [-0.15, -0.1) is 23.4 Å². The molecule has 2 unspecified atom stereocenters. The molecule has 13 heteroatoms. The van der Waals surface area contributed by atoms with Crippen LogP contribution in [0.25, 0.3) is 11.2 Å². The Bertz CT molecular complexity index is 1100. The second-order valence-corrected chi connectivity index (χ2v) is 9.58. The van der Waals surface area contributed by atoms with E-state index in [2.05, 4.69) is 25.4 Å². The topological polar surface area (TPSA) is 121 Å². The quantitative estimate of drug-likeness (QED) is 0.344. The second kappa shape index (κ2) is 9.65. The number of hydrogen-bond acceptors (Lipinski definition) is 10. The first-order valence-electron chi connectivity index (χ1n) is 10.6. The zero-order valence-corrected chi connectivity index (χ0v) is 19.0. The lowest BCUT2D eigenvalue weighted by atomic mass is 10.1. The maximum absolute atomic E-state index is 14.3. The van der Waals surface area contributed by atoms with E-state index in [1.165, 1.54) is 10.9 Å². The van der Waals surface area contributed by atoms with Gasteiger partial charge in [0, 0.05) is 24.5 Å². The smallest absolute Gasteiger partial charge is 0.312 e. The Labute approximate surface area is 198 Å². The Morgan fingerprint density at radius 3 is 2.70 bits per heavy atom. The number of pyridine rings is 1. The highest BCUT2D eigenvalue weighted by atomic mass is 35.5. The van der Waals surface area contributed by atoms with E-state index in [0.29, 0.717) is 10.8 Å². The van der Waals surface area contributed by atoms with Crippen molar-refractivity contribution in [1.82, 2.24) is 29.5 Å². The van der Waals surface area contributed by atoms with E-state index in [4.69, 9.17) is 16.3 Å². The third-order valence-corrected chi connectivity index (χ3v) is 7.38. The molecule has 0 amide bonds. The zero-order chi connectivity index (χ0) is 22.9. The number of thioether (sulfide) groups is 1. The molecule has 0 saturated carbocycles. The van der Waals surface area contributed by atoms with Crippen molar-refractivity contribution < 1.29 is 19.3 Å². The van der Waals surface area contributed by atoms with Gasteiger partial charge >= 0.3 is 6.08 Å². The number of hydrogen-bond donors (Lipinski definition) is 3. The molecule has 3 aromatic rings. The number of fused-ring (bicyclic) bond motifs is 1. The van der Waals surface area contributed by atoms with Crippen LogP contribution in [0.2, 0.25) is 0 Å². The first-order chi connectivity index (χ1) is 16.0. The van der Waals surface area contributed by atoms with Crippen molar-refractivity contribution in [1.29, 1.82) is 0 Å². The summed E-state index contributed by atoms with van der Waals surface area (Å²) in [6.07, 6.45) is -0.0620. The highest BCUT2D eigenvalue weighted by Crippen LogP contribution is 2.33. The Hall–Kier alpha value is -2.09. The molecule has 176 valence electrons. The van der Waals surface area contributed by atoms with Gasteiger partial charge in [-0.1, -0.05) is 6.07 Å². The van der Waals surface area contributed by atoms with Crippen LogP contribution in [0, 0.1) is 6.08 Å². The van der Waals surface area contributed by atoms with E-state index < -0.39 is 30.6 Å². The molecule has 3 N–H and O–H groups in total. The van der Waals surface area contributed by atoms with E-state index in [1.807, 2.05) is 23.2 Å². The molecule has 0 spiro atoms. The Balaban J connectivity index is 1.30. The number of rotatable bonds is 6. The van der Waals surface area contributed by atoms with E-state index in [-0.39, 0.29) is 17.3 Å². The van der Waals surface area contributed by atoms with Crippen molar-refractivity contribution in [2.45, 2.75) is 47.7 Å². The van der Waals surface area contributed by atoms with E-state index in [0.717, 1.165) is 31.0 Å². The molecule has 0 radical (unpaired) electrons. The van der Waals surface area contributed by atoms with Crippen LogP contribution >= 0.6 is 23.4 Å². The number of halogens is 2. The highest BCUT2D eigenvalue weighted by Gasteiger charge is 2.44. The minimum Gasteiger partial charge on any atom is -0.387 e. The molecule has 2 aliphatic heterocycles. The summed E-state index contributed by atoms with van der Waals surface area (Å²) in [5.74, 6) is 0.237. The number of nitrogens with zero attached hydrogens (tertiary/aromatic N) is 6.